The maximum Gasteiger partial charge on any atom is 0.108 e. The van der Waals surface area contributed by atoms with Gasteiger partial charge in [0.25, 0.3) is 0 Å². The molecule has 0 amide bonds. The predicted octanol–water partition coefficient (Wildman–Crippen LogP) is 1.71. The maximum absolute atomic E-state index is 4.38. The summed E-state index contributed by atoms with van der Waals surface area (Å²) >= 11 is 0. The Balaban J connectivity index is 1.99. The molecule has 4 heteroatoms. The van der Waals surface area contributed by atoms with Gasteiger partial charge in [-0.25, -0.2) is 4.98 Å². The Morgan fingerprint density at radius 3 is 2.76 bits per heavy atom. The van der Waals surface area contributed by atoms with Crippen LogP contribution in [-0.4, -0.2) is 21.6 Å². The highest BCUT2D eigenvalue weighted by atomic mass is 15.0. The van der Waals surface area contributed by atoms with Crippen LogP contribution in [0.1, 0.15) is 24.0 Å². The van der Waals surface area contributed by atoms with Crippen LogP contribution in [0.5, 0.6) is 0 Å². The van der Waals surface area contributed by atoms with Crippen molar-refractivity contribution in [3.05, 3.63) is 48.3 Å². The van der Waals surface area contributed by atoms with Gasteiger partial charge in [-0.15, -0.1) is 0 Å². The number of aryl methyl sites for hydroxylation is 2. The summed E-state index contributed by atoms with van der Waals surface area (Å²) in [7, 11) is 4.00. The third-order valence-electron chi connectivity index (χ3n) is 2.97. The third kappa shape index (κ3) is 2.91. The molecule has 0 saturated heterocycles. The first-order valence-corrected chi connectivity index (χ1v) is 5.85. The molecule has 0 aliphatic rings. The second-order valence-corrected chi connectivity index (χ2v) is 4.09. The van der Waals surface area contributed by atoms with Crippen LogP contribution in [0.15, 0.2) is 36.8 Å². The van der Waals surface area contributed by atoms with Gasteiger partial charge in [-0.2, -0.15) is 0 Å². The molecule has 0 radical (unpaired) electrons. The van der Waals surface area contributed by atoms with Crippen molar-refractivity contribution in [2.75, 3.05) is 7.05 Å². The summed E-state index contributed by atoms with van der Waals surface area (Å²) in [4.78, 5) is 8.71. The number of pyridine rings is 1. The van der Waals surface area contributed by atoms with Gasteiger partial charge in [0.2, 0.25) is 0 Å². The predicted molar refractivity (Wildman–Crippen MR) is 67.6 cm³/mol. The minimum atomic E-state index is 0.285. The van der Waals surface area contributed by atoms with Crippen molar-refractivity contribution in [1.29, 1.82) is 0 Å². The second kappa shape index (κ2) is 5.59. The van der Waals surface area contributed by atoms with E-state index >= 15 is 0 Å². The number of hydrogen-bond donors (Lipinski definition) is 1. The largest absolute Gasteiger partial charge is 0.338 e. The molecule has 0 saturated carbocycles. The molecule has 0 aliphatic heterocycles. The zero-order chi connectivity index (χ0) is 12.1. The molecule has 90 valence electrons. The zero-order valence-corrected chi connectivity index (χ0v) is 10.3. The molecular formula is C13H18N4. The molecule has 2 heterocycles. The summed E-state index contributed by atoms with van der Waals surface area (Å²) in [5.74, 6) is 1.11. The van der Waals surface area contributed by atoms with Crippen molar-refractivity contribution in [3.63, 3.8) is 0 Å². The van der Waals surface area contributed by atoms with Gasteiger partial charge in [0, 0.05) is 38.1 Å². The van der Waals surface area contributed by atoms with Crippen LogP contribution in [0.25, 0.3) is 0 Å². The highest BCUT2D eigenvalue weighted by molar-refractivity contribution is 5.09. The average Bonchev–Trinajstić information content (AvgIpc) is 2.77. The van der Waals surface area contributed by atoms with Crippen molar-refractivity contribution in [3.8, 4) is 0 Å². The molecular weight excluding hydrogens is 212 g/mol. The van der Waals surface area contributed by atoms with E-state index in [0.717, 1.165) is 24.4 Å². The van der Waals surface area contributed by atoms with Crippen molar-refractivity contribution in [2.24, 2.45) is 7.05 Å². The van der Waals surface area contributed by atoms with Crippen LogP contribution in [0.3, 0.4) is 0 Å². The second-order valence-electron chi connectivity index (χ2n) is 4.09. The summed E-state index contributed by atoms with van der Waals surface area (Å²) in [5, 5.41) is 3.30. The van der Waals surface area contributed by atoms with Gasteiger partial charge in [0.1, 0.15) is 5.82 Å². The van der Waals surface area contributed by atoms with Crippen LogP contribution in [0.2, 0.25) is 0 Å². The minimum absolute atomic E-state index is 0.285. The smallest absolute Gasteiger partial charge is 0.108 e. The minimum Gasteiger partial charge on any atom is -0.338 e. The lowest BCUT2D eigenvalue weighted by Gasteiger charge is -2.15. The quantitative estimate of drug-likeness (QED) is 0.850. The molecule has 0 aromatic carbocycles. The Hall–Kier alpha value is -1.68. The van der Waals surface area contributed by atoms with Crippen LogP contribution in [0.4, 0.5) is 0 Å². The molecule has 4 nitrogen and oxygen atoms in total. The normalized spacial score (nSPS) is 12.6. The van der Waals surface area contributed by atoms with Crippen LogP contribution in [0, 0.1) is 0 Å². The van der Waals surface area contributed by atoms with Gasteiger partial charge in [0.15, 0.2) is 0 Å². The zero-order valence-electron chi connectivity index (χ0n) is 10.3. The fourth-order valence-electron chi connectivity index (χ4n) is 1.93. The summed E-state index contributed by atoms with van der Waals surface area (Å²) in [6.07, 6.45) is 7.60. The molecule has 1 atom stereocenters. The standard InChI is InChI=1S/C13H18N4/c1-14-11(12-5-3-4-8-15-12)6-7-13-16-9-10-17(13)2/h3-5,8-11,14H,6-7H2,1-2H3. The van der Waals surface area contributed by atoms with E-state index in [1.165, 1.54) is 0 Å². The summed E-state index contributed by atoms with van der Waals surface area (Å²) in [5.41, 5.74) is 1.09. The lowest BCUT2D eigenvalue weighted by molar-refractivity contribution is 0.524. The van der Waals surface area contributed by atoms with E-state index in [1.807, 2.05) is 44.8 Å². The molecule has 2 aromatic rings. The number of nitrogens with one attached hydrogen (secondary N) is 1. The van der Waals surface area contributed by atoms with E-state index in [2.05, 4.69) is 25.9 Å². The lowest BCUT2D eigenvalue weighted by atomic mass is 10.1. The Kier molecular flexibility index (Phi) is 3.88. The highest BCUT2D eigenvalue weighted by Gasteiger charge is 2.11. The van der Waals surface area contributed by atoms with E-state index in [4.69, 9.17) is 0 Å². The van der Waals surface area contributed by atoms with Crippen LogP contribution < -0.4 is 5.32 Å². The fraction of sp³-hybridized carbons (Fsp3) is 0.385. The van der Waals surface area contributed by atoms with E-state index in [0.29, 0.717) is 0 Å². The molecule has 0 bridgehead atoms. The van der Waals surface area contributed by atoms with Crippen LogP contribution in [-0.2, 0) is 13.5 Å². The first kappa shape index (κ1) is 11.8. The van der Waals surface area contributed by atoms with Gasteiger partial charge in [-0.3, -0.25) is 4.98 Å². The Bertz CT molecular complexity index is 449. The first-order chi connectivity index (χ1) is 8.31. The van der Waals surface area contributed by atoms with Gasteiger partial charge in [-0.1, -0.05) is 6.07 Å². The topological polar surface area (TPSA) is 42.7 Å². The van der Waals surface area contributed by atoms with E-state index in [9.17, 15) is 0 Å². The molecule has 0 spiro atoms. The Labute approximate surface area is 102 Å². The molecule has 0 fully saturated rings. The third-order valence-corrected chi connectivity index (χ3v) is 2.97. The SMILES string of the molecule is CNC(CCc1nccn1C)c1ccccn1. The molecule has 0 aliphatic carbocycles. The molecule has 2 rings (SSSR count). The van der Waals surface area contributed by atoms with Gasteiger partial charge >= 0.3 is 0 Å². The molecule has 2 aromatic heterocycles. The highest BCUT2D eigenvalue weighted by Crippen LogP contribution is 2.15. The number of imidazole rings is 1. The van der Waals surface area contributed by atoms with Crippen molar-refractivity contribution >= 4 is 0 Å². The van der Waals surface area contributed by atoms with Crippen molar-refractivity contribution in [2.45, 2.75) is 18.9 Å². The summed E-state index contributed by atoms with van der Waals surface area (Å²) in [6.45, 7) is 0. The number of nitrogens with zero attached hydrogens (tertiary/aromatic N) is 3. The maximum atomic E-state index is 4.38. The average molecular weight is 230 g/mol. The molecule has 1 unspecified atom stereocenters. The number of aromatic nitrogens is 3. The summed E-state index contributed by atoms with van der Waals surface area (Å²) in [6, 6.07) is 6.30. The van der Waals surface area contributed by atoms with Gasteiger partial charge < -0.3 is 9.88 Å². The van der Waals surface area contributed by atoms with Crippen molar-refractivity contribution < 1.29 is 0 Å². The van der Waals surface area contributed by atoms with Gasteiger partial charge in [-0.05, 0) is 25.6 Å². The monoisotopic (exact) mass is 230 g/mol. The lowest BCUT2D eigenvalue weighted by Crippen LogP contribution is -2.18. The van der Waals surface area contributed by atoms with E-state index < -0.39 is 0 Å². The molecule has 17 heavy (non-hydrogen) atoms. The van der Waals surface area contributed by atoms with E-state index in [1.54, 1.807) is 0 Å². The van der Waals surface area contributed by atoms with Crippen LogP contribution >= 0.6 is 0 Å². The Morgan fingerprint density at radius 2 is 2.18 bits per heavy atom. The molecule has 1 N–H and O–H groups in total. The van der Waals surface area contributed by atoms with Crippen molar-refractivity contribution in [1.82, 2.24) is 19.9 Å². The fourth-order valence-corrected chi connectivity index (χ4v) is 1.93. The number of hydrogen-bond acceptors (Lipinski definition) is 3. The summed E-state index contributed by atoms with van der Waals surface area (Å²) < 4.78 is 2.06. The van der Waals surface area contributed by atoms with E-state index in [-0.39, 0.29) is 6.04 Å². The first-order valence-electron chi connectivity index (χ1n) is 5.85. The van der Waals surface area contributed by atoms with Gasteiger partial charge in [0.05, 0.1) is 5.69 Å². The Morgan fingerprint density at radius 1 is 1.29 bits per heavy atom. The number of rotatable bonds is 5.